The molecule has 0 saturated carbocycles. The van der Waals surface area contributed by atoms with E-state index in [0.717, 1.165) is 11.2 Å². The van der Waals surface area contributed by atoms with Gasteiger partial charge >= 0.3 is 5.97 Å². The molecule has 0 N–H and O–H groups in total. The number of rotatable bonds is 4. The van der Waals surface area contributed by atoms with Crippen LogP contribution >= 0.6 is 0 Å². The summed E-state index contributed by atoms with van der Waals surface area (Å²) in [6, 6.07) is 13.7. The van der Waals surface area contributed by atoms with E-state index in [1.165, 1.54) is 5.56 Å². The number of carbonyl (C=O) groups is 1. The Labute approximate surface area is 129 Å². The summed E-state index contributed by atoms with van der Waals surface area (Å²) in [5.41, 5.74) is 3.30. The number of fused-ring (bicyclic) bond motifs is 1. The normalized spacial score (nSPS) is 11.0. The van der Waals surface area contributed by atoms with E-state index in [2.05, 4.69) is 31.0 Å². The number of hydrogen-bond donors (Lipinski definition) is 0. The maximum absolute atomic E-state index is 12.1. The lowest BCUT2D eigenvalue weighted by Crippen LogP contribution is -2.05. The van der Waals surface area contributed by atoms with Gasteiger partial charge in [0.15, 0.2) is 5.69 Å². The second kappa shape index (κ2) is 6.02. The quantitative estimate of drug-likeness (QED) is 0.687. The maximum atomic E-state index is 12.1. The smallest absolute Gasteiger partial charge is 0.358 e. The fourth-order valence-electron chi connectivity index (χ4n) is 2.25. The molecule has 0 aliphatic carbocycles. The predicted molar refractivity (Wildman–Crippen MR) is 84.8 cm³/mol. The molecule has 0 radical (unpaired) electrons. The van der Waals surface area contributed by atoms with Crippen LogP contribution in [0.2, 0.25) is 0 Å². The average Bonchev–Trinajstić information content (AvgIpc) is 2.97. The maximum Gasteiger partial charge on any atom is 0.358 e. The summed E-state index contributed by atoms with van der Waals surface area (Å²) < 4.78 is 7.13. The van der Waals surface area contributed by atoms with E-state index in [-0.39, 0.29) is 6.61 Å². The molecule has 0 spiro atoms. The standard InChI is InChI=1S/C18H18N2O2/c1-13(2)15-8-6-14(7-9-15)12-22-18(21)16-11-20-10-4-3-5-17(20)19-16/h3-11,13H,12H2,1-2H3. The number of benzene rings is 1. The minimum Gasteiger partial charge on any atom is -0.456 e. The third-order valence-corrected chi connectivity index (χ3v) is 3.59. The van der Waals surface area contributed by atoms with E-state index in [1.54, 1.807) is 10.6 Å². The Kier molecular flexibility index (Phi) is 3.92. The minimum absolute atomic E-state index is 0.255. The lowest BCUT2D eigenvalue weighted by Gasteiger charge is -2.07. The van der Waals surface area contributed by atoms with Crippen LogP contribution in [0, 0.1) is 0 Å². The Hall–Kier alpha value is -2.62. The molecule has 1 aromatic carbocycles. The van der Waals surface area contributed by atoms with E-state index >= 15 is 0 Å². The molecule has 112 valence electrons. The van der Waals surface area contributed by atoms with Crippen molar-refractivity contribution in [2.45, 2.75) is 26.4 Å². The van der Waals surface area contributed by atoms with Crippen LogP contribution in [0.4, 0.5) is 0 Å². The van der Waals surface area contributed by atoms with Crippen LogP contribution in [0.15, 0.2) is 54.9 Å². The molecular weight excluding hydrogens is 276 g/mol. The molecule has 4 heteroatoms. The van der Waals surface area contributed by atoms with E-state index in [1.807, 2.05) is 36.5 Å². The summed E-state index contributed by atoms with van der Waals surface area (Å²) in [5, 5.41) is 0. The van der Waals surface area contributed by atoms with Gasteiger partial charge < -0.3 is 9.14 Å². The molecule has 2 heterocycles. The molecule has 2 aromatic heterocycles. The highest BCUT2D eigenvalue weighted by atomic mass is 16.5. The number of hydrogen-bond acceptors (Lipinski definition) is 3. The summed E-state index contributed by atoms with van der Waals surface area (Å²) in [6.07, 6.45) is 3.53. The van der Waals surface area contributed by atoms with Gasteiger partial charge in [0.05, 0.1) is 0 Å². The second-order valence-electron chi connectivity index (χ2n) is 5.56. The number of esters is 1. The molecule has 0 atom stereocenters. The summed E-state index contributed by atoms with van der Waals surface area (Å²) in [6.45, 7) is 4.56. The minimum atomic E-state index is -0.406. The van der Waals surface area contributed by atoms with Crippen molar-refractivity contribution in [1.29, 1.82) is 0 Å². The summed E-state index contributed by atoms with van der Waals surface area (Å²) >= 11 is 0. The first kappa shape index (κ1) is 14.3. The SMILES string of the molecule is CC(C)c1ccc(COC(=O)c2cn3ccccc3n2)cc1. The molecular formula is C18H18N2O2. The van der Waals surface area contributed by atoms with Crippen LogP contribution in [0.1, 0.15) is 41.4 Å². The van der Waals surface area contributed by atoms with Crippen molar-refractivity contribution in [2.75, 3.05) is 0 Å². The molecule has 0 unspecified atom stereocenters. The van der Waals surface area contributed by atoms with Crippen molar-refractivity contribution in [3.8, 4) is 0 Å². The third-order valence-electron chi connectivity index (χ3n) is 3.59. The van der Waals surface area contributed by atoms with Crippen molar-refractivity contribution in [3.05, 3.63) is 71.7 Å². The van der Waals surface area contributed by atoms with Gasteiger partial charge in [-0.1, -0.05) is 44.2 Å². The van der Waals surface area contributed by atoms with Crippen LogP contribution in [0.5, 0.6) is 0 Å². The Morgan fingerprint density at radius 3 is 2.64 bits per heavy atom. The molecule has 0 aliphatic heterocycles. The zero-order valence-corrected chi connectivity index (χ0v) is 12.7. The van der Waals surface area contributed by atoms with Crippen molar-refractivity contribution < 1.29 is 9.53 Å². The van der Waals surface area contributed by atoms with Crippen LogP contribution < -0.4 is 0 Å². The number of nitrogens with zero attached hydrogens (tertiary/aromatic N) is 2. The molecule has 0 fully saturated rings. The summed E-state index contributed by atoms with van der Waals surface area (Å²) in [5.74, 6) is 0.0891. The fourth-order valence-corrected chi connectivity index (χ4v) is 2.25. The molecule has 4 nitrogen and oxygen atoms in total. The number of pyridine rings is 1. The molecule has 0 amide bonds. The first-order valence-corrected chi connectivity index (χ1v) is 7.33. The average molecular weight is 294 g/mol. The van der Waals surface area contributed by atoms with Crippen molar-refractivity contribution in [1.82, 2.24) is 9.38 Å². The topological polar surface area (TPSA) is 43.6 Å². The van der Waals surface area contributed by atoms with Gasteiger partial charge in [0.1, 0.15) is 12.3 Å². The van der Waals surface area contributed by atoms with E-state index in [4.69, 9.17) is 4.74 Å². The van der Waals surface area contributed by atoms with Gasteiger partial charge in [0, 0.05) is 12.4 Å². The lowest BCUT2D eigenvalue weighted by atomic mass is 10.0. The van der Waals surface area contributed by atoms with Crippen molar-refractivity contribution >= 4 is 11.6 Å². The van der Waals surface area contributed by atoms with Crippen molar-refractivity contribution in [3.63, 3.8) is 0 Å². The van der Waals surface area contributed by atoms with Gasteiger partial charge in [0.25, 0.3) is 0 Å². The fraction of sp³-hybridized carbons (Fsp3) is 0.222. The van der Waals surface area contributed by atoms with E-state index < -0.39 is 5.97 Å². The van der Waals surface area contributed by atoms with Gasteiger partial charge in [-0.2, -0.15) is 0 Å². The number of imidazole rings is 1. The molecule has 3 rings (SSSR count). The summed E-state index contributed by atoms with van der Waals surface area (Å²) in [4.78, 5) is 16.3. The lowest BCUT2D eigenvalue weighted by molar-refractivity contribution is 0.0466. The predicted octanol–water partition coefficient (Wildman–Crippen LogP) is 3.81. The molecule has 3 aromatic rings. The van der Waals surface area contributed by atoms with Gasteiger partial charge in [0.2, 0.25) is 0 Å². The highest BCUT2D eigenvalue weighted by molar-refractivity contribution is 5.87. The largest absolute Gasteiger partial charge is 0.456 e. The number of aromatic nitrogens is 2. The number of ether oxygens (including phenoxy) is 1. The Balaban J connectivity index is 1.66. The van der Waals surface area contributed by atoms with Crippen LogP contribution in [0.25, 0.3) is 5.65 Å². The molecule has 0 saturated heterocycles. The first-order chi connectivity index (χ1) is 10.6. The second-order valence-corrected chi connectivity index (χ2v) is 5.56. The van der Waals surface area contributed by atoms with Crippen LogP contribution in [-0.2, 0) is 11.3 Å². The highest BCUT2D eigenvalue weighted by Crippen LogP contribution is 2.15. The van der Waals surface area contributed by atoms with Crippen LogP contribution in [0.3, 0.4) is 0 Å². The number of carbonyl (C=O) groups excluding carboxylic acids is 1. The van der Waals surface area contributed by atoms with Gasteiger partial charge in [-0.3, -0.25) is 0 Å². The Bertz CT molecular complexity index is 755. The zero-order valence-electron chi connectivity index (χ0n) is 12.7. The Morgan fingerprint density at radius 2 is 1.95 bits per heavy atom. The van der Waals surface area contributed by atoms with Crippen molar-refractivity contribution in [2.24, 2.45) is 0 Å². The highest BCUT2D eigenvalue weighted by Gasteiger charge is 2.12. The zero-order chi connectivity index (χ0) is 15.5. The van der Waals surface area contributed by atoms with E-state index in [9.17, 15) is 4.79 Å². The van der Waals surface area contributed by atoms with Gasteiger partial charge in [-0.05, 0) is 29.2 Å². The molecule has 0 aliphatic rings. The molecule has 0 bridgehead atoms. The molecule has 22 heavy (non-hydrogen) atoms. The third kappa shape index (κ3) is 3.01. The van der Waals surface area contributed by atoms with Gasteiger partial charge in [-0.25, -0.2) is 9.78 Å². The van der Waals surface area contributed by atoms with Crippen LogP contribution in [-0.4, -0.2) is 15.4 Å². The van der Waals surface area contributed by atoms with Gasteiger partial charge in [-0.15, -0.1) is 0 Å². The first-order valence-electron chi connectivity index (χ1n) is 7.33. The van der Waals surface area contributed by atoms with E-state index in [0.29, 0.717) is 11.6 Å². The summed E-state index contributed by atoms with van der Waals surface area (Å²) in [7, 11) is 0. The Morgan fingerprint density at radius 1 is 1.18 bits per heavy atom. The monoisotopic (exact) mass is 294 g/mol.